The summed E-state index contributed by atoms with van der Waals surface area (Å²) < 4.78 is 27.0. The normalized spacial score (nSPS) is 19.9. The Kier molecular flexibility index (Phi) is 5.05. The summed E-state index contributed by atoms with van der Waals surface area (Å²) in [7, 11) is 2.07. The predicted octanol–water partition coefficient (Wildman–Crippen LogP) is 9.62. The molecule has 0 radical (unpaired) electrons. The number of benzene rings is 3. The van der Waals surface area contributed by atoms with Gasteiger partial charge in [-0.1, -0.05) is 77.6 Å². The van der Waals surface area contributed by atoms with Crippen LogP contribution in [0.25, 0.3) is 44.0 Å². The zero-order chi connectivity index (χ0) is 28.9. The van der Waals surface area contributed by atoms with Crippen molar-refractivity contribution in [1.82, 2.24) is 0 Å². The summed E-state index contributed by atoms with van der Waals surface area (Å²) >= 11 is 0. The zero-order valence-corrected chi connectivity index (χ0v) is 24.4. The third-order valence-electron chi connectivity index (χ3n) is 9.86. The van der Waals surface area contributed by atoms with Crippen molar-refractivity contribution in [1.29, 1.82) is 0 Å². The van der Waals surface area contributed by atoms with Crippen LogP contribution in [0.2, 0.25) is 0 Å². The van der Waals surface area contributed by atoms with Crippen LogP contribution in [0.5, 0.6) is 0 Å². The molecule has 2 heterocycles. The van der Waals surface area contributed by atoms with Gasteiger partial charge in [0.05, 0.1) is 0 Å². The van der Waals surface area contributed by atoms with Crippen LogP contribution in [-0.2, 0) is 24.3 Å². The molecular weight excluding hydrogens is 474 g/mol. The fraction of sp³-hybridized carbons (Fsp3) is 0.432. The summed E-state index contributed by atoms with van der Waals surface area (Å²) in [6, 6.07) is 17.4. The van der Waals surface area contributed by atoms with E-state index in [0.717, 1.165) is 77.5 Å². The number of nitrogens with zero attached hydrogens (tertiary/aromatic N) is 1. The van der Waals surface area contributed by atoms with Crippen molar-refractivity contribution in [3.63, 3.8) is 0 Å². The van der Waals surface area contributed by atoms with Crippen molar-refractivity contribution in [3.05, 3.63) is 77.0 Å². The molecule has 2 nitrogen and oxygen atoms in total. The van der Waals surface area contributed by atoms with Crippen LogP contribution >= 0.6 is 0 Å². The topological polar surface area (TPSA) is 17.0 Å². The van der Waals surface area contributed by atoms with Crippen LogP contribution in [0, 0.1) is 12.8 Å². The number of fused-ring (bicyclic) bond motifs is 8. The molecule has 2 heteroatoms. The Balaban J connectivity index is 1.54. The van der Waals surface area contributed by atoms with Gasteiger partial charge in [-0.25, -0.2) is 4.57 Å². The summed E-state index contributed by atoms with van der Waals surface area (Å²) in [5, 5.41) is 4.93. The molecule has 5 aromatic rings. The van der Waals surface area contributed by atoms with E-state index >= 15 is 0 Å². The number of aromatic nitrogens is 1. The summed E-state index contributed by atoms with van der Waals surface area (Å²) in [4.78, 5) is 0. The lowest BCUT2D eigenvalue weighted by molar-refractivity contribution is -0.660. The summed E-state index contributed by atoms with van der Waals surface area (Å²) in [6.07, 6.45) is 7.22. The maximum atomic E-state index is 9.07. The standard InChI is InChI=1S/C37H42NO/c1-23-19-31-29(22-28(23)30-21-25(15-18-38(30)6)20-24-11-7-8-12-24)32-34-33(36(2,3)16-17-37(34,4)5)26-13-9-10-14-27(26)35(32)39-31/h9-10,13-15,18-19,21-22,24H,7-8,11-12,16-17,20H2,1-6H3/q+1/i20D2. The van der Waals surface area contributed by atoms with Gasteiger partial charge in [0, 0.05) is 36.6 Å². The highest BCUT2D eigenvalue weighted by Crippen LogP contribution is 2.54. The van der Waals surface area contributed by atoms with Crippen molar-refractivity contribution in [2.75, 3.05) is 0 Å². The van der Waals surface area contributed by atoms with Crippen LogP contribution in [0.3, 0.4) is 0 Å². The van der Waals surface area contributed by atoms with Gasteiger partial charge in [-0.05, 0) is 82.7 Å². The molecular formula is C37H42NO+. The largest absolute Gasteiger partial charge is 0.455 e. The second kappa shape index (κ2) is 8.68. The lowest BCUT2D eigenvalue weighted by atomic mass is 9.61. The van der Waals surface area contributed by atoms with Crippen LogP contribution < -0.4 is 4.57 Å². The molecule has 0 atom stereocenters. The smallest absolute Gasteiger partial charge is 0.212 e. The molecule has 3 aromatic carbocycles. The zero-order valence-electron chi connectivity index (χ0n) is 26.4. The van der Waals surface area contributed by atoms with Crippen molar-refractivity contribution in [2.24, 2.45) is 13.0 Å². The molecule has 2 aliphatic rings. The van der Waals surface area contributed by atoms with E-state index in [1.54, 1.807) is 0 Å². The number of aryl methyl sites for hydroxylation is 2. The minimum Gasteiger partial charge on any atom is -0.455 e. The Hall–Kier alpha value is -3.13. The van der Waals surface area contributed by atoms with Crippen LogP contribution in [-0.4, -0.2) is 0 Å². The number of hydrogen-bond acceptors (Lipinski definition) is 1. The predicted molar refractivity (Wildman–Crippen MR) is 164 cm³/mol. The van der Waals surface area contributed by atoms with E-state index in [2.05, 4.69) is 88.7 Å². The molecule has 0 unspecified atom stereocenters. The van der Waals surface area contributed by atoms with E-state index < -0.39 is 6.37 Å². The Morgan fingerprint density at radius 1 is 0.897 bits per heavy atom. The Labute approximate surface area is 235 Å². The highest BCUT2D eigenvalue weighted by atomic mass is 16.3. The molecule has 0 spiro atoms. The van der Waals surface area contributed by atoms with Gasteiger partial charge < -0.3 is 4.42 Å². The Morgan fingerprint density at radius 2 is 1.59 bits per heavy atom. The van der Waals surface area contributed by atoms with Gasteiger partial charge in [0.25, 0.3) is 0 Å². The van der Waals surface area contributed by atoms with Gasteiger partial charge in [-0.2, -0.15) is 0 Å². The molecule has 2 aromatic heterocycles. The first-order valence-electron chi connectivity index (χ1n) is 15.8. The van der Waals surface area contributed by atoms with Crippen LogP contribution in [0.4, 0.5) is 0 Å². The van der Waals surface area contributed by atoms with Crippen molar-refractivity contribution >= 4 is 32.7 Å². The summed E-state index contributed by atoms with van der Waals surface area (Å²) in [5.74, 6) is 0.0924. The average molecular weight is 519 g/mol. The van der Waals surface area contributed by atoms with E-state index in [4.69, 9.17) is 7.16 Å². The third-order valence-corrected chi connectivity index (χ3v) is 9.86. The lowest BCUT2D eigenvalue weighted by Crippen LogP contribution is -2.34. The summed E-state index contributed by atoms with van der Waals surface area (Å²) in [6.45, 7) is 11.8. The van der Waals surface area contributed by atoms with Crippen molar-refractivity contribution < 1.29 is 11.7 Å². The molecule has 0 N–H and O–H groups in total. The molecule has 0 saturated heterocycles. The quantitative estimate of drug-likeness (QED) is 0.217. The monoisotopic (exact) mass is 518 g/mol. The van der Waals surface area contributed by atoms with Gasteiger partial charge in [0.15, 0.2) is 6.20 Å². The first-order chi connectivity index (χ1) is 19.4. The SMILES string of the molecule is [2H]C([2H])(c1cc[n+](C)c(-c2cc3c(cc2C)oc2c4ccccc4c4c(c32)C(C)(C)CCC4(C)C)c1)C1CCCC1. The molecule has 0 aliphatic heterocycles. The van der Waals surface area contributed by atoms with Crippen molar-refractivity contribution in [2.45, 2.75) is 90.3 Å². The minimum absolute atomic E-state index is 0.0247. The molecule has 7 rings (SSSR count). The second-order valence-electron chi connectivity index (χ2n) is 13.6. The first kappa shape index (κ1) is 22.7. The van der Waals surface area contributed by atoms with Gasteiger partial charge in [-0.3, -0.25) is 0 Å². The van der Waals surface area contributed by atoms with E-state index in [1.165, 1.54) is 27.3 Å². The average Bonchev–Trinajstić information content (AvgIpc) is 3.60. The van der Waals surface area contributed by atoms with E-state index in [0.29, 0.717) is 0 Å². The lowest BCUT2D eigenvalue weighted by Gasteiger charge is -2.43. The highest BCUT2D eigenvalue weighted by Gasteiger charge is 2.41. The van der Waals surface area contributed by atoms with E-state index in [1.807, 2.05) is 12.3 Å². The van der Waals surface area contributed by atoms with Crippen LogP contribution in [0.1, 0.15) is 91.2 Å². The highest BCUT2D eigenvalue weighted by molar-refractivity contribution is 6.19. The molecule has 39 heavy (non-hydrogen) atoms. The van der Waals surface area contributed by atoms with Gasteiger partial charge in [0.2, 0.25) is 5.69 Å². The first-order valence-corrected chi connectivity index (χ1v) is 14.8. The van der Waals surface area contributed by atoms with E-state index in [-0.39, 0.29) is 16.7 Å². The van der Waals surface area contributed by atoms with Gasteiger partial charge in [-0.15, -0.1) is 0 Å². The van der Waals surface area contributed by atoms with Gasteiger partial charge in [0.1, 0.15) is 18.2 Å². The second-order valence-corrected chi connectivity index (χ2v) is 13.6. The number of furan rings is 1. The summed E-state index contributed by atoms with van der Waals surface area (Å²) in [5.41, 5.74) is 9.05. The molecule has 2 aliphatic carbocycles. The number of pyridine rings is 1. The van der Waals surface area contributed by atoms with E-state index in [9.17, 15) is 0 Å². The molecule has 1 saturated carbocycles. The molecule has 0 bridgehead atoms. The number of rotatable bonds is 3. The Bertz CT molecular complexity index is 1850. The molecule has 1 fully saturated rings. The Morgan fingerprint density at radius 3 is 2.33 bits per heavy atom. The molecule has 0 amide bonds. The fourth-order valence-corrected chi connectivity index (χ4v) is 7.60. The number of hydrogen-bond donors (Lipinski definition) is 0. The third kappa shape index (κ3) is 3.85. The van der Waals surface area contributed by atoms with Gasteiger partial charge >= 0.3 is 0 Å². The minimum atomic E-state index is -1.33. The molecule has 200 valence electrons. The fourth-order valence-electron chi connectivity index (χ4n) is 7.60. The van der Waals surface area contributed by atoms with Crippen LogP contribution in [0.15, 0.2) is 59.1 Å². The van der Waals surface area contributed by atoms with Crippen molar-refractivity contribution in [3.8, 4) is 11.3 Å². The maximum Gasteiger partial charge on any atom is 0.212 e. The maximum absolute atomic E-state index is 9.07.